The van der Waals surface area contributed by atoms with Gasteiger partial charge in [0.15, 0.2) is 12.6 Å². The molecular formula is C16H25FN4O2+2. The summed E-state index contributed by atoms with van der Waals surface area (Å²) < 4.78 is 12.9. The molecule has 6 nitrogen and oxygen atoms in total. The lowest BCUT2D eigenvalue weighted by atomic mass is 10.2. The number of anilines is 1. The predicted octanol–water partition coefficient (Wildman–Crippen LogP) is -2.32. The summed E-state index contributed by atoms with van der Waals surface area (Å²) in [6, 6.07) is 5.59. The molecule has 1 heterocycles. The van der Waals surface area contributed by atoms with Crippen LogP contribution in [-0.4, -0.2) is 57.6 Å². The molecule has 1 fully saturated rings. The molecule has 1 aliphatic heterocycles. The van der Waals surface area contributed by atoms with Crippen molar-refractivity contribution in [1.29, 1.82) is 0 Å². The molecule has 0 aliphatic carbocycles. The summed E-state index contributed by atoms with van der Waals surface area (Å²) in [5, 5.41) is 5.46. The van der Waals surface area contributed by atoms with Gasteiger partial charge in [-0.25, -0.2) is 4.39 Å². The van der Waals surface area contributed by atoms with Gasteiger partial charge in [0.2, 0.25) is 0 Å². The molecule has 23 heavy (non-hydrogen) atoms. The van der Waals surface area contributed by atoms with E-state index in [2.05, 4.69) is 10.6 Å². The predicted molar refractivity (Wildman–Crippen MR) is 84.8 cm³/mol. The topological polar surface area (TPSA) is 67.1 Å². The number of likely N-dealkylation sites (N-methyl/N-ethyl adjacent to an activating group) is 1. The quantitative estimate of drug-likeness (QED) is 0.491. The SMILES string of the molecule is CNC(=O)C[NH+]1CC[NH+]([C@H](C)C(=O)Nc2ccc(F)cc2)CC1. The van der Waals surface area contributed by atoms with E-state index < -0.39 is 0 Å². The fourth-order valence-corrected chi connectivity index (χ4v) is 2.82. The van der Waals surface area contributed by atoms with Crippen molar-refractivity contribution in [3.05, 3.63) is 30.1 Å². The fourth-order valence-electron chi connectivity index (χ4n) is 2.82. The van der Waals surface area contributed by atoms with Crippen LogP contribution in [0.15, 0.2) is 24.3 Å². The number of hydrogen-bond donors (Lipinski definition) is 4. The van der Waals surface area contributed by atoms with Gasteiger partial charge in [-0.15, -0.1) is 0 Å². The number of carbonyl (C=O) groups is 2. The number of piperazine rings is 1. The summed E-state index contributed by atoms with van der Waals surface area (Å²) in [5.41, 5.74) is 0.603. The summed E-state index contributed by atoms with van der Waals surface area (Å²) in [6.45, 7) is 5.83. The Hall–Kier alpha value is -1.99. The van der Waals surface area contributed by atoms with Crippen LogP contribution in [0.5, 0.6) is 0 Å². The van der Waals surface area contributed by atoms with Crippen LogP contribution in [0.1, 0.15) is 6.92 Å². The molecule has 126 valence electrons. The minimum atomic E-state index is -0.322. The number of amides is 2. The van der Waals surface area contributed by atoms with E-state index in [0.717, 1.165) is 26.2 Å². The number of hydrogen-bond acceptors (Lipinski definition) is 2. The van der Waals surface area contributed by atoms with Gasteiger partial charge in [0.1, 0.15) is 32.0 Å². The lowest BCUT2D eigenvalue weighted by Gasteiger charge is -2.32. The van der Waals surface area contributed by atoms with E-state index in [4.69, 9.17) is 0 Å². The third-order valence-electron chi connectivity index (χ3n) is 4.41. The van der Waals surface area contributed by atoms with Crippen LogP contribution in [0.3, 0.4) is 0 Å². The first-order chi connectivity index (χ1) is 11.0. The Morgan fingerprint density at radius 2 is 1.78 bits per heavy atom. The van der Waals surface area contributed by atoms with Crippen molar-refractivity contribution < 1.29 is 23.8 Å². The average molecular weight is 324 g/mol. The lowest BCUT2D eigenvalue weighted by Crippen LogP contribution is -3.30. The van der Waals surface area contributed by atoms with Crippen LogP contribution in [-0.2, 0) is 9.59 Å². The zero-order valence-corrected chi connectivity index (χ0v) is 13.6. The number of nitrogens with one attached hydrogen (secondary N) is 4. The molecule has 0 bridgehead atoms. The third kappa shape index (κ3) is 5.01. The van der Waals surface area contributed by atoms with Crippen molar-refractivity contribution in [3.63, 3.8) is 0 Å². The van der Waals surface area contributed by atoms with E-state index in [1.165, 1.54) is 21.9 Å². The standard InChI is InChI=1S/C16H23FN4O2/c1-12(16(23)19-14-5-3-13(17)4-6-14)21-9-7-20(8-10-21)11-15(22)18-2/h3-6,12H,7-11H2,1-2H3,(H,18,22)(H,19,23)/p+2/t12-/m1/s1. The lowest BCUT2D eigenvalue weighted by molar-refractivity contribution is -1.01. The van der Waals surface area contributed by atoms with Crippen molar-refractivity contribution in [1.82, 2.24) is 5.32 Å². The Morgan fingerprint density at radius 1 is 1.17 bits per heavy atom. The fraction of sp³-hybridized carbons (Fsp3) is 0.500. The molecule has 0 aromatic heterocycles. The van der Waals surface area contributed by atoms with Gasteiger partial charge in [0.25, 0.3) is 11.8 Å². The number of quaternary nitrogens is 2. The first kappa shape index (κ1) is 17.4. The summed E-state index contributed by atoms with van der Waals surface area (Å²) in [6.07, 6.45) is 0. The van der Waals surface area contributed by atoms with Crippen LogP contribution >= 0.6 is 0 Å². The molecule has 7 heteroatoms. The largest absolute Gasteiger partial charge is 0.354 e. The van der Waals surface area contributed by atoms with Gasteiger partial charge < -0.3 is 20.4 Å². The zero-order valence-electron chi connectivity index (χ0n) is 13.6. The molecule has 4 N–H and O–H groups in total. The Balaban J connectivity index is 1.81. The Kier molecular flexibility index (Phi) is 6.06. The molecule has 1 aromatic carbocycles. The molecule has 2 rings (SSSR count). The van der Waals surface area contributed by atoms with Crippen LogP contribution in [0.2, 0.25) is 0 Å². The van der Waals surface area contributed by atoms with Gasteiger partial charge in [-0.2, -0.15) is 0 Å². The molecular weight excluding hydrogens is 299 g/mol. The molecule has 0 unspecified atom stereocenters. The zero-order chi connectivity index (χ0) is 16.8. The first-order valence-corrected chi connectivity index (χ1v) is 7.94. The summed E-state index contributed by atoms with van der Waals surface area (Å²) in [7, 11) is 1.64. The summed E-state index contributed by atoms with van der Waals surface area (Å²) >= 11 is 0. The van der Waals surface area contributed by atoms with Gasteiger partial charge in [-0.1, -0.05) is 0 Å². The number of carbonyl (C=O) groups excluding carboxylic acids is 2. The summed E-state index contributed by atoms with van der Waals surface area (Å²) in [4.78, 5) is 26.2. The van der Waals surface area contributed by atoms with Gasteiger partial charge in [0.05, 0.1) is 0 Å². The maximum Gasteiger partial charge on any atom is 0.282 e. The normalized spacial score (nSPS) is 22.2. The molecule has 0 spiro atoms. The molecule has 1 saturated heterocycles. The van der Waals surface area contributed by atoms with Crippen molar-refractivity contribution in [3.8, 4) is 0 Å². The van der Waals surface area contributed by atoms with Gasteiger partial charge >= 0.3 is 0 Å². The molecule has 2 amide bonds. The second-order valence-corrected chi connectivity index (χ2v) is 5.98. The van der Waals surface area contributed by atoms with E-state index in [-0.39, 0.29) is 23.7 Å². The minimum Gasteiger partial charge on any atom is -0.354 e. The second kappa shape index (κ2) is 8.03. The summed E-state index contributed by atoms with van der Waals surface area (Å²) in [5.74, 6) is -0.344. The Morgan fingerprint density at radius 3 is 2.35 bits per heavy atom. The first-order valence-electron chi connectivity index (χ1n) is 7.94. The van der Waals surface area contributed by atoms with Gasteiger partial charge in [-0.05, 0) is 31.2 Å². The second-order valence-electron chi connectivity index (χ2n) is 5.98. The van der Waals surface area contributed by atoms with E-state index in [0.29, 0.717) is 12.2 Å². The van der Waals surface area contributed by atoms with Crippen molar-refractivity contribution in [2.24, 2.45) is 0 Å². The highest BCUT2D eigenvalue weighted by molar-refractivity contribution is 5.93. The van der Waals surface area contributed by atoms with Crippen molar-refractivity contribution in [2.45, 2.75) is 13.0 Å². The van der Waals surface area contributed by atoms with Crippen LogP contribution in [0, 0.1) is 5.82 Å². The highest BCUT2D eigenvalue weighted by Crippen LogP contribution is 2.08. The maximum absolute atomic E-state index is 12.9. The van der Waals surface area contributed by atoms with Crippen molar-refractivity contribution >= 4 is 17.5 Å². The van der Waals surface area contributed by atoms with Gasteiger partial charge in [-0.3, -0.25) is 9.59 Å². The highest BCUT2D eigenvalue weighted by Gasteiger charge is 2.31. The molecule has 1 aromatic rings. The Bertz CT molecular complexity index is 542. The molecule has 1 aliphatic rings. The third-order valence-corrected chi connectivity index (χ3v) is 4.41. The molecule has 1 atom stereocenters. The van der Waals surface area contributed by atoms with E-state index >= 15 is 0 Å². The Labute approximate surface area is 135 Å². The number of halogens is 1. The van der Waals surface area contributed by atoms with E-state index in [1.54, 1.807) is 19.2 Å². The number of benzene rings is 1. The van der Waals surface area contributed by atoms with Crippen LogP contribution < -0.4 is 20.4 Å². The van der Waals surface area contributed by atoms with Crippen LogP contribution in [0.4, 0.5) is 10.1 Å². The smallest absolute Gasteiger partial charge is 0.282 e. The van der Waals surface area contributed by atoms with E-state index in [9.17, 15) is 14.0 Å². The monoisotopic (exact) mass is 324 g/mol. The van der Waals surface area contributed by atoms with Crippen molar-refractivity contribution in [2.75, 3.05) is 45.1 Å². The number of rotatable bonds is 5. The molecule has 0 radical (unpaired) electrons. The van der Waals surface area contributed by atoms with Gasteiger partial charge in [0, 0.05) is 12.7 Å². The highest BCUT2D eigenvalue weighted by atomic mass is 19.1. The average Bonchev–Trinajstić information content (AvgIpc) is 2.56. The van der Waals surface area contributed by atoms with E-state index in [1.807, 2.05) is 6.92 Å². The minimum absolute atomic E-state index is 0.0468. The van der Waals surface area contributed by atoms with Crippen LogP contribution in [0.25, 0.3) is 0 Å². The molecule has 0 saturated carbocycles. The maximum atomic E-state index is 12.9.